The molecule has 0 bridgehead atoms. The standard InChI is InChI=1S/C29H34ClFN4O3/c1-28(13-14-28)26(37)35-15-11-20(12-16-35)25(36)29(18-32-17-24(29)19-3-5-21(30)6-4-19)34(2)27(38)33-23-9-7-22(31)8-10-23/h3-10,20,24,32H,11-18H2,1-2H3,(H,33,38)/t24-,29+/m1/s1. The molecule has 5 rings (SSSR count). The van der Waals surface area contributed by atoms with Gasteiger partial charge in [0.1, 0.15) is 11.4 Å². The summed E-state index contributed by atoms with van der Waals surface area (Å²) in [5, 5.41) is 6.79. The third-order valence-electron chi connectivity index (χ3n) is 8.69. The van der Waals surface area contributed by atoms with Gasteiger partial charge in [-0.3, -0.25) is 9.59 Å². The number of benzene rings is 2. The number of nitrogens with zero attached hydrogens (tertiary/aromatic N) is 2. The number of carbonyl (C=O) groups excluding carboxylic acids is 3. The average Bonchev–Trinajstić information content (AvgIpc) is 3.52. The number of likely N-dealkylation sites (tertiary alicyclic amines) is 1. The van der Waals surface area contributed by atoms with Crippen LogP contribution in [-0.2, 0) is 9.59 Å². The summed E-state index contributed by atoms with van der Waals surface area (Å²) < 4.78 is 13.4. The number of Topliss-reactive ketones (excluding diaryl/α,β-unsaturated/α-hetero) is 1. The lowest BCUT2D eigenvalue weighted by Gasteiger charge is -2.44. The lowest BCUT2D eigenvalue weighted by molar-refractivity contribution is -0.141. The zero-order valence-corrected chi connectivity index (χ0v) is 22.6. The van der Waals surface area contributed by atoms with E-state index in [1.807, 2.05) is 24.0 Å². The number of nitrogens with one attached hydrogen (secondary N) is 2. The van der Waals surface area contributed by atoms with Crippen LogP contribution in [0.5, 0.6) is 0 Å². The van der Waals surface area contributed by atoms with Crippen LogP contribution in [0.25, 0.3) is 0 Å². The molecule has 3 aliphatic rings. The van der Waals surface area contributed by atoms with Gasteiger partial charge in [0, 0.05) is 61.2 Å². The lowest BCUT2D eigenvalue weighted by Crippen LogP contribution is -2.63. The first-order valence-electron chi connectivity index (χ1n) is 13.2. The molecular formula is C29H34ClFN4O3. The Labute approximate surface area is 227 Å². The molecule has 202 valence electrons. The molecule has 38 heavy (non-hydrogen) atoms. The number of likely N-dealkylation sites (N-methyl/N-ethyl adjacent to an activating group) is 1. The molecule has 3 amide bonds. The fraction of sp³-hybridized carbons (Fsp3) is 0.483. The molecule has 2 atom stereocenters. The first kappa shape index (κ1) is 26.6. The summed E-state index contributed by atoms with van der Waals surface area (Å²) in [6.45, 7) is 3.94. The van der Waals surface area contributed by atoms with Gasteiger partial charge in [0.25, 0.3) is 0 Å². The number of halogens is 2. The van der Waals surface area contributed by atoms with Crippen molar-refractivity contribution in [1.29, 1.82) is 0 Å². The molecule has 2 aliphatic heterocycles. The number of carbonyl (C=O) groups is 3. The zero-order chi connectivity index (χ0) is 27.1. The van der Waals surface area contributed by atoms with E-state index in [1.54, 1.807) is 19.2 Å². The van der Waals surface area contributed by atoms with Crippen molar-refractivity contribution in [2.45, 2.75) is 44.1 Å². The summed E-state index contributed by atoms with van der Waals surface area (Å²) in [6.07, 6.45) is 3.00. The summed E-state index contributed by atoms with van der Waals surface area (Å²) >= 11 is 6.15. The molecule has 2 N–H and O–H groups in total. The summed E-state index contributed by atoms with van der Waals surface area (Å²) in [7, 11) is 1.65. The first-order valence-corrected chi connectivity index (χ1v) is 13.6. The van der Waals surface area contributed by atoms with Crippen LogP contribution in [0.15, 0.2) is 48.5 Å². The Hall–Kier alpha value is -2.97. The molecule has 0 aromatic heterocycles. The van der Waals surface area contributed by atoms with Gasteiger partial charge in [-0.15, -0.1) is 0 Å². The lowest BCUT2D eigenvalue weighted by atomic mass is 9.72. The largest absolute Gasteiger partial charge is 0.342 e. The van der Waals surface area contributed by atoms with E-state index in [4.69, 9.17) is 11.6 Å². The molecule has 0 unspecified atom stereocenters. The average molecular weight is 541 g/mol. The van der Waals surface area contributed by atoms with Gasteiger partial charge >= 0.3 is 6.03 Å². The monoisotopic (exact) mass is 540 g/mol. The van der Waals surface area contributed by atoms with Gasteiger partial charge < -0.3 is 20.4 Å². The van der Waals surface area contributed by atoms with Crippen LogP contribution >= 0.6 is 11.6 Å². The minimum absolute atomic E-state index is 0.00365. The summed E-state index contributed by atoms with van der Waals surface area (Å²) in [5.74, 6) is -0.770. The van der Waals surface area contributed by atoms with Gasteiger partial charge in [-0.1, -0.05) is 30.7 Å². The van der Waals surface area contributed by atoms with Gasteiger partial charge in [0.15, 0.2) is 5.78 Å². The molecular weight excluding hydrogens is 507 g/mol. The van der Waals surface area contributed by atoms with Gasteiger partial charge in [0.2, 0.25) is 5.91 Å². The van der Waals surface area contributed by atoms with Gasteiger partial charge in [-0.25, -0.2) is 9.18 Å². The Morgan fingerprint density at radius 2 is 1.68 bits per heavy atom. The van der Waals surface area contributed by atoms with Crippen molar-refractivity contribution in [2.24, 2.45) is 11.3 Å². The van der Waals surface area contributed by atoms with E-state index in [9.17, 15) is 18.8 Å². The van der Waals surface area contributed by atoms with Crippen LogP contribution in [0.1, 0.15) is 44.1 Å². The number of hydrogen-bond donors (Lipinski definition) is 2. The Morgan fingerprint density at radius 1 is 1.05 bits per heavy atom. The van der Waals surface area contributed by atoms with Crippen LogP contribution in [-0.4, -0.2) is 66.3 Å². The minimum atomic E-state index is -1.14. The number of anilines is 1. The third-order valence-corrected chi connectivity index (χ3v) is 8.94. The number of hydrogen-bond acceptors (Lipinski definition) is 4. The number of rotatable bonds is 6. The maximum absolute atomic E-state index is 14.5. The van der Waals surface area contributed by atoms with E-state index in [2.05, 4.69) is 10.6 Å². The fourth-order valence-electron chi connectivity index (χ4n) is 5.97. The summed E-state index contributed by atoms with van der Waals surface area (Å²) in [5.41, 5.74) is -0.00745. The van der Waals surface area contributed by atoms with E-state index in [-0.39, 0.29) is 28.9 Å². The fourth-order valence-corrected chi connectivity index (χ4v) is 6.09. The van der Waals surface area contributed by atoms with Crippen molar-refractivity contribution in [3.63, 3.8) is 0 Å². The van der Waals surface area contributed by atoms with Crippen LogP contribution in [0, 0.1) is 17.2 Å². The van der Waals surface area contributed by atoms with E-state index in [0.29, 0.717) is 49.7 Å². The van der Waals surface area contributed by atoms with Crippen molar-refractivity contribution >= 4 is 35.0 Å². The predicted octanol–water partition coefficient (Wildman–Crippen LogP) is 4.68. The maximum atomic E-state index is 14.5. The van der Waals surface area contributed by atoms with Crippen molar-refractivity contribution in [2.75, 3.05) is 38.5 Å². The number of piperidine rings is 1. The SMILES string of the molecule is CN(C(=O)Nc1ccc(F)cc1)[C@@]1(C(=O)C2CCN(C(=O)C3(C)CC3)CC2)CNC[C@@H]1c1ccc(Cl)cc1. The highest BCUT2D eigenvalue weighted by Crippen LogP contribution is 2.47. The van der Waals surface area contributed by atoms with Crippen LogP contribution in [0.4, 0.5) is 14.9 Å². The van der Waals surface area contributed by atoms with E-state index in [1.165, 1.54) is 29.2 Å². The number of urea groups is 1. The van der Waals surface area contributed by atoms with E-state index >= 15 is 0 Å². The number of ketones is 1. The molecule has 9 heteroatoms. The molecule has 0 radical (unpaired) electrons. The zero-order valence-electron chi connectivity index (χ0n) is 21.8. The number of amides is 3. The second kappa shape index (κ2) is 10.3. The predicted molar refractivity (Wildman–Crippen MR) is 145 cm³/mol. The molecule has 2 saturated heterocycles. The topological polar surface area (TPSA) is 81.8 Å². The quantitative estimate of drug-likeness (QED) is 0.557. The summed E-state index contributed by atoms with van der Waals surface area (Å²) in [4.78, 5) is 44.3. The van der Waals surface area contributed by atoms with Gasteiger partial charge in [0.05, 0.1) is 0 Å². The normalized spacial score (nSPS) is 24.6. The van der Waals surface area contributed by atoms with Gasteiger partial charge in [-0.2, -0.15) is 0 Å². The molecule has 1 aliphatic carbocycles. The highest BCUT2D eigenvalue weighted by Gasteiger charge is 2.56. The van der Waals surface area contributed by atoms with Crippen LogP contribution in [0.3, 0.4) is 0 Å². The highest BCUT2D eigenvalue weighted by molar-refractivity contribution is 6.30. The second-order valence-corrected chi connectivity index (χ2v) is 11.6. The van der Waals surface area contributed by atoms with E-state index in [0.717, 1.165) is 18.4 Å². The molecule has 3 fully saturated rings. The minimum Gasteiger partial charge on any atom is -0.342 e. The Kier molecular flexibility index (Phi) is 7.22. The molecule has 2 heterocycles. The van der Waals surface area contributed by atoms with Crippen molar-refractivity contribution < 1.29 is 18.8 Å². The molecule has 2 aromatic rings. The summed E-state index contributed by atoms with van der Waals surface area (Å²) in [6, 6.07) is 12.5. The third kappa shape index (κ3) is 4.92. The van der Waals surface area contributed by atoms with Crippen molar-refractivity contribution in [3.05, 3.63) is 64.9 Å². The smallest absolute Gasteiger partial charge is 0.322 e. The Balaban J connectivity index is 1.41. The van der Waals surface area contributed by atoms with Crippen molar-refractivity contribution in [1.82, 2.24) is 15.1 Å². The molecule has 2 aromatic carbocycles. The van der Waals surface area contributed by atoms with Gasteiger partial charge in [-0.05, 0) is 67.6 Å². The van der Waals surface area contributed by atoms with Crippen molar-refractivity contribution in [3.8, 4) is 0 Å². The van der Waals surface area contributed by atoms with Crippen LogP contribution in [0.2, 0.25) is 5.02 Å². The molecule has 7 nitrogen and oxygen atoms in total. The second-order valence-electron chi connectivity index (χ2n) is 11.1. The van der Waals surface area contributed by atoms with E-state index < -0.39 is 17.4 Å². The van der Waals surface area contributed by atoms with Crippen LogP contribution < -0.4 is 10.6 Å². The Morgan fingerprint density at radius 3 is 2.29 bits per heavy atom. The maximum Gasteiger partial charge on any atom is 0.322 e. The highest BCUT2D eigenvalue weighted by atomic mass is 35.5. The Bertz CT molecular complexity index is 1210. The molecule has 1 saturated carbocycles. The molecule has 0 spiro atoms. The first-order chi connectivity index (χ1) is 18.1.